The molecule has 2 aromatic carbocycles. The predicted octanol–water partition coefficient (Wildman–Crippen LogP) is 4.72. The van der Waals surface area contributed by atoms with Crippen LogP contribution in [0.25, 0.3) is 22.3 Å². The lowest BCUT2D eigenvalue weighted by atomic mass is 9.91. The van der Waals surface area contributed by atoms with Crippen molar-refractivity contribution < 1.29 is 14.6 Å². The molecule has 130 valence electrons. The lowest BCUT2D eigenvalue weighted by molar-refractivity contribution is -0.137. The van der Waals surface area contributed by atoms with Crippen LogP contribution >= 0.6 is 0 Å². The molecule has 0 saturated heterocycles. The number of hydrogen-bond donors (Lipinski definition) is 1. The van der Waals surface area contributed by atoms with Gasteiger partial charge < -0.3 is 9.84 Å². The SMILES string of the molecule is CCOC(=O)C=C(C)c1cc(-c2ccccc2)ccc1C(C)=CCO. The number of benzene rings is 2. The first-order valence-electron chi connectivity index (χ1n) is 8.39. The molecule has 0 aromatic heterocycles. The number of aliphatic hydroxyl groups excluding tert-OH is 1. The quantitative estimate of drug-likeness (QED) is 0.613. The minimum atomic E-state index is -0.347. The molecule has 1 N–H and O–H groups in total. The van der Waals surface area contributed by atoms with E-state index in [-0.39, 0.29) is 12.6 Å². The Labute approximate surface area is 149 Å². The van der Waals surface area contributed by atoms with Crippen LogP contribution in [-0.2, 0) is 9.53 Å². The molecule has 0 fully saturated rings. The zero-order chi connectivity index (χ0) is 18.2. The third kappa shape index (κ3) is 4.91. The molecule has 3 nitrogen and oxygen atoms in total. The second-order valence-corrected chi connectivity index (χ2v) is 5.78. The Morgan fingerprint density at radius 2 is 1.72 bits per heavy atom. The van der Waals surface area contributed by atoms with E-state index in [9.17, 15) is 9.90 Å². The van der Waals surface area contributed by atoms with Crippen molar-refractivity contribution >= 4 is 17.1 Å². The van der Waals surface area contributed by atoms with Gasteiger partial charge in [-0.25, -0.2) is 4.79 Å². The number of ether oxygens (including phenoxy) is 1. The first-order valence-corrected chi connectivity index (χ1v) is 8.39. The minimum Gasteiger partial charge on any atom is -0.463 e. The van der Waals surface area contributed by atoms with Gasteiger partial charge in [0.05, 0.1) is 13.2 Å². The fourth-order valence-corrected chi connectivity index (χ4v) is 2.71. The summed E-state index contributed by atoms with van der Waals surface area (Å²) in [6.45, 7) is 5.97. The standard InChI is InChI=1S/C22H24O3/c1-4-25-22(24)14-17(3)21-15-19(18-8-6-5-7-9-18)10-11-20(21)16(2)12-13-23/h5-12,14-15,23H,4,13H2,1-3H3. The van der Waals surface area contributed by atoms with Crippen molar-refractivity contribution in [1.82, 2.24) is 0 Å². The molecule has 2 rings (SSSR count). The van der Waals surface area contributed by atoms with Crippen LogP contribution in [0.2, 0.25) is 0 Å². The Balaban J connectivity index is 2.55. The maximum Gasteiger partial charge on any atom is 0.331 e. The molecule has 0 saturated carbocycles. The third-order valence-corrected chi connectivity index (χ3v) is 3.99. The largest absolute Gasteiger partial charge is 0.463 e. The smallest absolute Gasteiger partial charge is 0.331 e. The molecule has 0 aliphatic heterocycles. The van der Waals surface area contributed by atoms with Crippen LogP contribution in [0.15, 0.2) is 60.7 Å². The van der Waals surface area contributed by atoms with Crippen molar-refractivity contribution in [2.45, 2.75) is 20.8 Å². The Morgan fingerprint density at radius 3 is 2.36 bits per heavy atom. The molecule has 2 aromatic rings. The molecule has 0 amide bonds. The lowest BCUT2D eigenvalue weighted by Gasteiger charge is -2.14. The average molecular weight is 336 g/mol. The summed E-state index contributed by atoms with van der Waals surface area (Å²) in [7, 11) is 0. The van der Waals surface area contributed by atoms with Crippen molar-refractivity contribution in [3.63, 3.8) is 0 Å². The zero-order valence-corrected chi connectivity index (χ0v) is 15.0. The number of allylic oxidation sites excluding steroid dienone is 2. The number of rotatable bonds is 6. The predicted molar refractivity (Wildman–Crippen MR) is 103 cm³/mol. The summed E-state index contributed by atoms with van der Waals surface area (Å²) in [6.07, 6.45) is 3.28. The van der Waals surface area contributed by atoms with Crippen LogP contribution in [-0.4, -0.2) is 24.3 Å². The summed E-state index contributed by atoms with van der Waals surface area (Å²) in [6, 6.07) is 16.3. The molecular weight excluding hydrogens is 312 g/mol. The summed E-state index contributed by atoms with van der Waals surface area (Å²) in [5.74, 6) is -0.347. The normalized spacial score (nSPS) is 12.2. The summed E-state index contributed by atoms with van der Waals surface area (Å²) in [4.78, 5) is 11.8. The second-order valence-electron chi connectivity index (χ2n) is 5.78. The Hall–Kier alpha value is -2.65. The van der Waals surface area contributed by atoms with Gasteiger partial charge in [0.2, 0.25) is 0 Å². The number of carbonyl (C=O) groups excluding carboxylic acids is 1. The van der Waals surface area contributed by atoms with Crippen molar-refractivity contribution in [2.24, 2.45) is 0 Å². The number of esters is 1. The molecule has 0 aliphatic carbocycles. The molecule has 0 unspecified atom stereocenters. The summed E-state index contributed by atoms with van der Waals surface area (Å²) < 4.78 is 5.03. The van der Waals surface area contributed by atoms with Crippen molar-refractivity contribution in [2.75, 3.05) is 13.2 Å². The van der Waals surface area contributed by atoms with Gasteiger partial charge in [0, 0.05) is 6.08 Å². The van der Waals surface area contributed by atoms with E-state index in [0.29, 0.717) is 6.61 Å². The monoisotopic (exact) mass is 336 g/mol. The Morgan fingerprint density at radius 1 is 1.00 bits per heavy atom. The molecule has 0 spiro atoms. The summed E-state index contributed by atoms with van der Waals surface area (Å²) >= 11 is 0. The molecule has 0 radical (unpaired) electrons. The highest BCUT2D eigenvalue weighted by atomic mass is 16.5. The van der Waals surface area contributed by atoms with Crippen molar-refractivity contribution in [3.8, 4) is 11.1 Å². The summed E-state index contributed by atoms with van der Waals surface area (Å²) in [5, 5.41) is 9.21. The Bertz CT molecular complexity index is 786. The van der Waals surface area contributed by atoms with Gasteiger partial charge in [-0.1, -0.05) is 48.5 Å². The van der Waals surface area contributed by atoms with E-state index in [4.69, 9.17) is 4.74 Å². The first-order chi connectivity index (χ1) is 12.1. The molecule has 0 aliphatic rings. The molecule has 25 heavy (non-hydrogen) atoms. The van der Waals surface area contributed by atoms with Crippen LogP contribution in [0, 0.1) is 0 Å². The number of hydrogen-bond acceptors (Lipinski definition) is 3. The Kier molecular flexibility index (Phi) is 6.72. The van der Waals surface area contributed by atoms with Gasteiger partial charge in [-0.2, -0.15) is 0 Å². The van der Waals surface area contributed by atoms with E-state index in [1.54, 1.807) is 13.0 Å². The summed E-state index contributed by atoms with van der Waals surface area (Å²) in [5.41, 5.74) is 5.94. The maximum absolute atomic E-state index is 11.8. The fraction of sp³-hybridized carbons (Fsp3) is 0.227. The van der Waals surface area contributed by atoms with E-state index in [1.807, 2.05) is 38.1 Å². The fourth-order valence-electron chi connectivity index (χ4n) is 2.71. The van der Waals surface area contributed by atoms with Gasteiger partial charge in [0.15, 0.2) is 0 Å². The topological polar surface area (TPSA) is 46.5 Å². The van der Waals surface area contributed by atoms with Crippen LogP contribution in [0.5, 0.6) is 0 Å². The molecule has 0 bridgehead atoms. The van der Waals surface area contributed by atoms with Gasteiger partial charge in [-0.15, -0.1) is 0 Å². The van der Waals surface area contributed by atoms with Gasteiger partial charge >= 0.3 is 5.97 Å². The van der Waals surface area contributed by atoms with E-state index in [0.717, 1.165) is 33.4 Å². The molecule has 0 heterocycles. The van der Waals surface area contributed by atoms with Gasteiger partial charge in [-0.05, 0) is 60.2 Å². The van der Waals surface area contributed by atoms with E-state index in [1.165, 1.54) is 6.08 Å². The maximum atomic E-state index is 11.8. The number of carbonyl (C=O) groups is 1. The van der Waals surface area contributed by atoms with Gasteiger partial charge in [0.25, 0.3) is 0 Å². The van der Waals surface area contributed by atoms with E-state index >= 15 is 0 Å². The van der Waals surface area contributed by atoms with Gasteiger partial charge in [-0.3, -0.25) is 0 Å². The minimum absolute atomic E-state index is 0.0215. The average Bonchev–Trinajstić information content (AvgIpc) is 2.62. The number of aliphatic hydroxyl groups is 1. The lowest BCUT2D eigenvalue weighted by Crippen LogP contribution is -2.01. The third-order valence-electron chi connectivity index (χ3n) is 3.99. The highest BCUT2D eigenvalue weighted by Gasteiger charge is 2.10. The first kappa shape index (κ1) is 18.7. The molecule has 0 atom stereocenters. The van der Waals surface area contributed by atoms with E-state index in [2.05, 4.69) is 24.3 Å². The molecule has 3 heteroatoms. The zero-order valence-electron chi connectivity index (χ0n) is 15.0. The van der Waals surface area contributed by atoms with Crippen LogP contribution in [0.3, 0.4) is 0 Å². The van der Waals surface area contributed by atoms with Gasteiger partial charge in [0.1, 0.15) is 0 Å². The second kappa shape index (κ2) is 9.00. The highest BCUT2D eigenvalue weighted by Crippen LogP contribution is 2.30. The van der Waals surface area contributed by atoms with Crippen molar-refractivity contribution in [1.29, 1.82) is 0 Å². The van der Waals surface area contributed by atoms with Crippen LogP contribution < -0.4 is 0 Å². The van der Waals surface area contributed by atoms with Crippen LogP contribution in [0.1, 0.15) is 31.9 Å². The highest BCUT2D eigenvalue weighted by molar-refractivity contribution is 5.93. The molecular formula is C22H24O3. The van der Waals surface area contributed by atoms with E-state index < -0.39 is 0 Å². The van der Waals surface area contributed by atoms with Crippen molar-refractivity contribution in [3.05, 3.63) is 71.8 Å². The van der Waals surface area contributed by atoms with Crippen LogP contribution in [0.4, 0.5) is 0 Å².